The monoisotopic (exact) mass is 470 g/mol. The van der Waals surface area contributed by atoms with Crippen LogP contribution in [0.3, 0.4) is 0 Å². The lowest BCUT2D eigenvalue weighted by Crippen LogP contribution is -2.47. The Labute approximate surface area is 196 Å². The molecule has 0 heterocycles. The van der Waals surface area contributed by atoms with Crippen LogP contribution in [0.5, 0.6) is 5.75 Å². The highest BCUT2D eigenvalue weighted by molar-refractivity contribution is 6.74. The smallest absolute Gasteiger partial charge is 0.307 e. The summed E-state index contributed by atoms with van der Waals surface area (Å²) in [7, 11) is -2.24. The van der Waals surface area contributed by atoms with E-state index in [0.717, 1.165) is 5.56 Å². The molecule has 0 aliphatic heterocycles. The van der Waals surface area contributed by atoms with Gasteiger partial charge in [-0.1, -0.05) is 32.9 Å². The standard InChI is InChI=1S/C26H34O6Si/c1-14(27)31-16-11-10-15-12-19-22(23(29)18(15)13-16)24(30)21-17(8-7-9-20(21)28)25(19)32-33(5,6)26(2,3)4/h7-9,11,15,18-19,25,28,30H,10,12-13H2,1-6H3/t15-,18-,19?,25?/m0/s1. The van der Waals surface area contributed by atoms with E-state index in [1.54, 1.807) is 6.07 Å². The van der Waals surface area contributed by atoms with Crippen LogP contribution in [-0.2, 0) is 18.8 Å². The number of ketones is 1. The Morgan fingerprint density at radius 1 is 1.15 bits per heavy atom. The topological polar surface area (TPSA) is 93.1 Å². The van der Waals surface area contributed by atoms with Gasteiger partial charge in [-0.15, -0.1) is 0 Å². The van der Waals surface area contributed by atoms with Gasteiger partial charge in [-0.2, -0.15) is 0 Å². The van der Waals surface area contributed by atoms with Crippen molar-refractivity contribution in [3.8, 4) is 5.75 Å². The van der Waals surface area contributed by atoms with Crippen LogP contribution in [-0.4, -0.2) is 30.3 Å². The number of aliphatic hydroxyl groups is 1. The van der Waals surface area contributed by atoms with Crippen LogP contribution in [0, 0.1) is 17.8 Å². The lowest BCUT2D eigenvalue weighted by Gasteiger charge is -2.48. The molecule has 1 aromatic carbocycles. The summed E-state index contributed by atoms with van der Waals surface area (Å²) >= 11 is 0. The number of phenols is 1. The van der Waals surface area contributed by atoms with Crippen LogP contribution in [0.1, 0.15) is 64.2 Å². The molecule has 0 amide bonds. The fourth-order valence-electron chi connectivity index (χ4n) is 5.19. The van der Waals surface area contributed by atoms with Crippen molar-refractivity contribution in [3.63, 3.8) is 0 Å². The fourth-order valence-corrected chi connectivity index (χ4v) is 6.47. The van der Waals surface area contributed by atoms with Gasteiger partial charge in [-0.25, -0.2) is 0 Å². The summed E-state index contributed by atoms with van der Waals surface area (Å²) in [5.74, 6) is -0.781. The summed E-state index contributed by atoms with van der Waals surface area (Å²) in [6, 6.07) is 5.17. The Bertz CT molecular complexity index is 1060. The number of benzene rings is 1. The number of carbonyl (C=O) groups excluding carboxylic acids is 2. The van der Waals surface area contributed by atoms with Gasteiger partial charge in [0.25, 0.3) is 0 Å². The van der Waals surface area contributed by atoms with E-state index in [1.165, 1.54) is 13.0 Å². The van der Waals surface area contributed by atoms with E-state index >= 15 is 0 Å². The molecule has 1 fully saturated rings. The number of hydrogen-bond acceptors (Lipinski definition) is 6. The van der Waals surface area contributed by atoms with E-state index in [4.69, 9.17) is 9.16 Å². The molecule has 7 heteroatoms. The quantitative estimate of drug-likeness (QED) is 0.428. The molecule has 3 aliphatic rings. The van der Waals surface area contributed by atoms with E-state index in [0.29, 0.717) is 36.2 Å². The van der Waals surface area contributed by atoms with Crippen molar-refractivity contribution in [2.75, 3.05) is 0 Å². The lowest BCUT2D eigenvalue weighted by molar-refractivity contribution is -0.138. The van der Waals surface area contributed by atoms with Gasteiger partial charge < -0.3 is 19.4 Å². The molecule has 1 saturated carbocycles. The molecule has 0 spiro atoms. The molecule has 0 radical (unpaired) electrons. The van der Waals surface area contributed by atoms with Crippen molar-refractivity contribution in [2.24, 2.45) is 17.8 Å². The number of hydrogen-bond donors (Lipinski definition) is 2. The third-order valence-electron chi connectivity index (χ3n) is 7.91. The predicted molar refractivity (Wildman–Crippen MR) is 128 cm³/mol. The molecule has 4 atom stereocenters. The first kappa shape index (κ1) is 23.8. The SMILES string of the molecule is CC(=O)OC1=CC[C@H]2CC3C(=C(O)c4c(O)cccc4C3O[Si](C)(C)C(C)(C)C)C(=O)[C@H]2C1. The van der Waals surface area contributed by atoms with Gasteiger partial charge in [0.15, 0.2) is 14.1 Å². The Hall–Kier alpha value is -2.38. The van der Waals surface area contributed by atoms with Crippen LogP contribution in [0.15, 0.2) is 35.6 Å². The van der Waals surface area contributed by atoms with Gasteiger partial charge in [0.2, 0.25) is 0 Å². The average Bonchev–Trinajstić information content (AvgIpc) is 2.70. The summed E-state index contributed by atoms with van der Waals surface area (Å²) in [5.41, 5.74) is 1.38. The number of rotatable bonds is 3. The fraction of sp³-hybridized carbons (Fsp3) is 0.538. The number of phenolic OH excluding ortho intramolecular Hbond substituents is 1. The second-order valence-corrected chi connectivity index (χ2v) is 15.8. The molecule has 0 aromatic heterocycles. The Morgan fingerprint density at radius 2 is 1.85 bits per heavy atom. The van der Waals surface area contributed by atoms with E-state index in [-0.39, 0.29) is 40.1 Å². The summed E-state index contributed by atoms with van der Waals surface area (Å²) in [4.78, 5) is 25.2. The molecule has 4 rings (SSSR count). The van der Waals surface area contributed by atoms with Gasteiger partial charge in [0, 0.05) is 30.8 Å². The Kier molecular flexibility index (Phi) is 5.86. The number of Topliss-reactive ketones (excluding diaryl/α,β-unsaturated/α-hetero) is 1. The average molecular weight is 471 g/mol. The molecule has 2 N–H and O–H groups in total. The third-order valence-corrected chi connectivity index (χ3v) is 12.4. The molecule has 2 unspecified atom stereocenters. The number of carbonyl (C=O) groups is 2. The van der Waals surface area contributed by atoms with E-state index in [1.807, 2.05) is 12.1 Å². The number of esters is 1. The normalized spacial score (nSPS) is 27.3. The maximum Gasteiger partial charge on any atom is 0.307 e. The minimum Gasteiger partial charge on any atom is -0.507 e. The molecule has 0 saturated heterocycles. The zero-order valence-electron chi connectivity index (χ0n) is 20.3. The number of allylic oxidation sites excluding steroid dienone is 2. The minimum atomic E-state index is -2.24. The minimum absolute atomic E-state index is 0.0406. The number of ether oxygens (including phenoxy) is 1. The van der Waals surface area contributed by atoms with Crippen molar-refractivity contribution in [3.05, 3.63) is 46.7 Å². The van der Waals surface area contributed by atoms with Crippen LogP contribution < -0.4 is 0 Å². The second-order valence-electron chi connectivity index (χ2n) is 11.1. The molecule has 6 nitrogen and oxygen atoms in total. The summed E-state index contributed by atoms with van der Waals surface area (Å²) < 4.78 is 12.2. The third kappa shape index (κ3) is 4.06. The van der Waals surface area contributed by atoms with E-state index in [2.05, 4.69) is 33.9 Å². The number of aliphatic hydroxyl groups excluding tert-OH is 1. The first-order valence-corrected chi connectivity index (χ1v) is 14.6. The van der Waals surface area contributed by atoms with Gasteiger partial charge in [-0.05, 0) is 54.6 Å². The number of aromatic hydroxyl groups is 1. The maximum absolute atomic E-state index is 13.8. The Morgan fingerprint density at radius 3 is 2.48 bits per heavy atom. The van der Waals surface area contributed by atoms with Gasteiger partial charge in [0.05, 0.1) is 11.7 Å². The first-order chi connectivity index (χ1) is 15.3. The molecular formula is C26H34O6Si. The van der Waals surface area contributed by atoms with Gasteiger partial charge in [-0.3, -0.25) is 9.59 Å². The number of fused-ring (bicyclic) bond motifs is 3. The maximum atomic E-state index is 13.8. The van der Waals surface area contributed by atoms with Gasteiger partial charge in [0.1, 0.15) is 17.3 Å². The molecule has 33 heavy (non-hydrogen) atoms. The zero-order valence-corrected chi connectivity index (χ0v) is 21.3. The largest absolute Gasteiger partial charge is 0.507 e. The highest BCUT2D eigenvalue weighted by Crippen LogP contribution is 2.55. The molecule has 0 bridgehead atoms. The van der Waals surface area contributed by atoms with Crippen molar-refractivity contribution in [1.82, 2.24) is 0 Å². The summed E-state index contributed by atoms with van der Waals surface area (Å²) in [5, 5.41) is 21.8. The predicted octanol–water partition coefficient (Wildman–Crippen LogP) is 5.80. The molecule has 3 aliphatic carbocycles. The van der Waals surface area contributed by atoms with Crippen molar-refractivity contribution in [2.45, 2.75) is 71.2 Å². The van der Waals surface area contributed by atoms with E-state index < -0.39 is 20.4 Å². The van der Waals surface area contributed by atoms with Crippen molar-refractivity contribution >= 4 is 25.8 Å². The summed E-state index contributed by atoms with van der Waals surface area (Å²) in [6.07, 6.45) is 3.17. The molecular weight excluding hydrogens is 436 g/mol. The first-order valence-electron chi connectivity index (χ1n) is 11.7. The van der Waals surface area contributed by atoms with Crippen LogP contribution in [0.4, 0.5) is 0 Å². The molecule has 1 aromatic rings. The van der Waals surface area contributed by atoms with E-state index in [9.17, 15) is 19.8 Å². The van der Waals surface area contributed by atoms with Crippen LogP contribution >= 0.6 is 0 Å². The second kappa shape index (κ2) is 8.13. The van der Waals surface area contributed by atoms with Crippen molar-refractivity contribution in [1.29, 1.82) is 0 Å². The van der Waals surface area contributed by atoms with Crippen LogP contribution in [0.25, 0.3) is 5.76 Å². The van der Waals surface area contributed by atoms with Gasteiger partial charge >= 0.3 is 5.97 Å². The van der Waals surface area contributed by atoms with Crippen molar-refractivity contribution < 1.29 is 29.0 Å². The summed E-state index contributed by atoms with van der Waals surface area (Å²) in [6.45, 7) is 12.2. The lowest BCUT2D eigenvalue weighted by atomic mass is 9.62. The highest BCUT2D eigenvalue weighted by atomic mass is 28.4. The Balaban J connectivity index is 1.80. The highest BCUT2D eigenvalue weighted by Gasteiger charge is 2.52. The zero-order chi connectivity index (χ0) is 24.3. The van der Waals surface area contributed by atoms with Crippen LogP contribution in [0.2, 0.25) is 18.1 Å². The molecule has 178 valence electrons.